The van der Waals surface area contributed by atoms with Crippen LogP contribution in [0.4, 0.5) is 8.78 Å². The van der Waals surface area contributed by atoms with Gasteiger partial charge in [0, 0.05) is 32.5 Å². The minimum Gasteiger partial charge on any atom is -0.346 e. The summed E-state index contributed by atoms with van der Waals surface area (Å²) in [5.74, 6) is -3.57. The summed E-state index contributed by atoms with van der Waals surface area (Å²) >= 11 is 0. The van der Waals surface area contributed by atoms with Gasteiger partial charge in [0.2, 0.25) is 15.9 Å². The van der Waals surface area contributed by atoms with Gasteiger partial charge in [-0.25, -0.2) is 21.9 Å². The van der Waals surface area contributed by atoms with Crippen LogP contribution < -0.4 is 15.4 Å². The molecule has 1 aliphatic heterocycles. The zero-order valence-corrected chi connectivity index (χ0v) is 13.2. The van der Waals surface area contributed by atoms with Gasteiger partial charge < -0.3 is 10.6 Å². The number of benzene rings is 1. The normalized spacial score (nSPS) is 20.9. The maximum Gasteiger partial charge on any atom is 0.270 e. The Bertz CT molecular complexity index is 638. The zero-order chi connectivity index (χ0) is 16.9. The van der Waals surface area contributed by atoms with E-state index in [1.165, 1.54) is 12.1 Å². The number of sulfonamides is 1. The number of alkyl halides is 2. The first kappa shape index (κ1) is 17.8. The first-order chi connectivity index (χ1) is 10.8. The summed E-state index contributed by atoms with van der Waals surface area (Å²) in [5.41, 5.74) is 0. The quantitative estimate of drug-likeness (QED) is 0.698. The molecule has 0 spiro atoms. The highest BCUT2D eigenvalue weighted by molar-refractivity contribution is 7.89. The summed E-state index contributed by atoms with van der Waals surface area (Å²) in [7, 11) is -3.70. The van der Waals surface area contributed by atoms with E-state index >= 15 is 0 Å². The van der Waals surface area contributed by atoms with Crippen molar-refractivity contribution < 1.29 is 22.0 Å². The van der Waals surface area contributed by atoms with Crippen molar-refractivity contribution in [1.82, 2.24) is 15.4 Å². The first-order valence-electron chi connectivity index (χ1n) is 7.24. The molecule has 1 heterocycles. The molecule has 1 amide bonds. The van der Waals surface area contributed by atoms with E-state index in [1.54, 1.807) is 18.2 Å². The van der Waals surface area contributed by atoms with Crippen LogP contribution in [-0.2, 0) is 14.8 Å². The van der Waals surface area contributed by atoms with Crippen molar-refractivity contribution in [2.75, 3.05) is 19.6 Å². The van der Waals surface area contributed by atoms with Crippen LogP contribution in [0.2, 0.25) is 0 Å². The Hall–Kier alpha value is -1.58. The third-order valence-electron chi connectivity index (χ3n) is 3.53. The van der Waals surface area contributed by atoms with Gasteiger partial charge in [0.1, 0.15) is 6.04 Å². The van der Waals surface area contributed by atoms with Crippen LogP contribution in [0.15, 0.2) is 35.2 Å². The van der Waals surface area contributed by atoms with Crippen molar-refractivity contribution in [1.29, 1.82) is 0 Å². The smallest absolute Gasteiger partial charge is 0.270 e. The number of carbonyl (C=O) groups excluding carboxylic acids is 1. The largest absolute Gasteiger partial charge is 0.346 e. The van der Waals surface area contributed by atoms with Gasteiger partial charge in [-0.1, -0.05) is 18.2 Å². The van der Waals surface area contributed by atoms with Crippen LogP contribution in [0, 0.1) is 0 Å². The number of rotatable bonds is 6. The molecule has 2 rings (SSSR count). The molecule has 0 radical (unpaired) electrons. The number of hydrogen-bond donors (Lipinski definition) is 3. The Morgan fingerprint density at radius 2 is 2.00 bits per heavy atom. The molecule has 0 aromatic heterocycles. The zero-order valence-electron chi connectivity index (χ0n) is 12.4. The van der Waals surface area contributed by atoms with E-state index in [0.717, 1.165) is 0 Å². The summed E-state index contributed by atoms with van der Waals surface area (Å²) in [5, 5.41) is 5.04. The average molecular weight is 347 g/mol. The molecular weight excluding hydrogens is 328 g/mol. The molecule has 1 unspecified atom stereocenters. The van der Waals surface area contributed by atoms with Gasteiger partial charge >= 0.3 is 0 Å². The Morgan fingerprint density at radius 1 is 1.30 bits per heavy atom. The van der Waals surface area contributed by atoms with Crippen molar-refractivity contribution in [3.8, 4) is 0 Å². The molecule has 1 aliphatic rings. The number of amides is 1. The molecule has 0 bridgehead atoms. The van der Waals surface area contributed by atoms with Crippen LogP contribution in [0.1, 0.15) is 12.8 Å². The van der Waals surface area contributed by atoms with Crippen molar-refractivity contribution in [2.24, 2.45) is 0 Å². The van der Waals surface area contributed by atoms with Gasteiger partial charge in [0.05, 0.1) is 4.90 Å². The van der Waals surface area contributed by atoms with Gasteiger partial charge in [-0.15, -0.1) is 0 Å². The number of halogens is 2. The van der Waals surface area contributed by atoms with Gasteiger partial charge in [0.15, 0.2) is 0 Å². The van der Waals surface area contributed by atoms with Crippen molar-refractivity contribution in [3.05, 3.63) is 30.3 Å². The van der Waals surface area contributed by atoms with E-state index in [1.807, 2.05) is 0 Å². The summed E-state index contributed by atoms with van der Waals surface area (Å²) < 4.78 is 53.3. The summed E-state index contributed by atoms with van der Waals surface area (Å²) in [6, 6.07) is 6.44. The molecule has 128 valence electrons. The van der Waals surface area contributed by atoms with Gasteiger partial charge in [-0.2, -0.15) is 0 Å². The Balaban J connectivity index is 1.81. The molecule has 6 nitrogen and oxygen atoms in total. The maximum absolute atomic E-state index is 13.6. The molecule has 1 saturated heterocycles. The monoisotopic (exact) mass is 347 g/mol. The van der Waals surface area contributed by atoms with E-state index < -0.39 is 27.9 Å². The number of piperidine rings is 1. The predicted molar refractivity (Wildman–Crippen MR) is 80.6 cm³/mol. The molecule has 0 saturated carbocycles. The molecule has 1 aromatic carbocycles. The first-order valence-corrected chi connectivity index (χ1v) is 8.72. The van der Waals surface area contributed by atoms with E-state index in [0.29, 0.717) is 0 Å². The van der Waals surface area contributed by atoms with Crippen LogP contribution in [0.5, 0.6) is 0 Å². The third kappa shape index (κ3) is 4.95. The Labute approximate surface area is 133 Å². The number of hydrogen-bond acceptors (Lipinski definition) is 4. The lowest BCUT2D eigenvalue weighted by Gasteiger charge is -2.32. The molecule has 1 aromatic rings. The van der Waals surface area contributed by atoms with Gasteiger partial charge in [0.25, 0.3) is 5.92 Å². The van der Waals surface area contributed by atoms with Gasteiger partial charge in [-0.05, 0) is 12.1 Å². The highest BCUT2D eigenvalue weighted by atomic mass is 32.2. The fourth-order valence-electron chi connectivity index (χ4n) is 2.23. The van der Waals surface area contributed by atoms with Crippen LogP contribution >= 0.6 is 0 Å². The van der Waals surface area contributed by atoms with Crippen LogP contribution in [0.25, 0.3) is 0 Å². The highest BCUT2D eigenvalue weighted by Crippen LogP contribution is 2.25. The fourth-order valence-corrected chi connectivity index (χ4v) is 3.28. The van der Waals surface area contributed by atoms with Crippen molar-refractivity contribution >= 4 is 15.9 Å². The van der Waals surface area contributed by atoms with Crippen molar-refractivity contribution in [2.45, 2.75) is 29.7 Å². The topological polar surface area (TPSA) is 87.3 Å². The minimum atomic E-state index is -3.70. The molecular formula is C14H19F2N3O3S. The summed E-state index contributed by atoms with van der Waals surface area (Å²) in [6.45, 7) is 0.0412. The predicted octanol–water partition coefficient (Wildman–Crippen LogP) is 0.468. The molecule has 1 atom stereocenters. The summed E-state index contributed by atoms with van der Waals surface area (Å²) in [4.78, 5) is 11.8. The van der Waals surface area contributed by atoms with E-state index in [-0.39, 0.29) is 37.4 Å². The molecule has 1 fully saturated rings. The van der Waals surface area contributed by atoms with E-state index in [9.17, 15) is 22.0 Å². The molecule has 9 heteroatoms. The molecule has 23 heavy (non-hydrogen) atoms. The third-order valence-corrected chi connectivity index (χ3v) is 5.00. The standard InChI is InChI=1S/C14H19F2N3O3S/c15-14(16)7-9-17-10-12(14)19-13(20)6-8-18-23(21,22)11-4-2-1-3-5-11/h1-5,12,17-18H,6-10H2,(H,19,20). The van der Waals surface area contributed by atoms with Gasteiger partial charge in [-0.3, -0.25) is 4.79 Å². The fraction of sp³-hybridized carbons (Fsp3) is 0.500. The SMILES string of the molecule is O=C(CCNS(=O)(=O)c1ccccc1)NC1CNCCC1(F)F. The second kappa shape index (κ2) is 7.33. The minimum absolute atomic E-state index is 0.00547. The maximum atomic E-state index is 13.6. The highest BCUT2D eigenvalue weighted by Gasteiger charge is 2.42. The van der Waals surface area contributed by atoms with E-state index in [2.05, 4.69) is 15.4 Å². The molecule has 3 N–H and O–H groups in total. The lowest BCUT2D eigenvalue weighted by Crippen LogP contribution is -2.57. The Morgan fingerprint density at radius 3 is 2.65 bits per heavy atom. The second-order valence-corrected chi connectivity index (χ2v) is 7.06. The lowest BCUT2D eigenvalue weighted by molar-refractivity contribution is -0.127. The molecule has 0 aliphatic carbocycles. The number of carbonyl (C=O) groups is 1. The van der Waals surface area contributed by atoms with Crippen molar-refractivity contribution in [3.63, 3.8) is 0 Å². The average Bonchev–Trinajstić information content (AvgIpc) is 2.50. The number of nitrogens with one attached hydrogen (secondary N) is 3. The summed E-state index contributed by atoms with van der Waals surface area (Å²) in [6.07, 6.45) is -0.544. The lowest BCUT2D eigenvalue weighted by atomic mass is 10.0. The second-order valence-electron chi connectivity index (χ2n) is 5.30. The van der Waals surface area contributed by atoms with Crippen LogP contribution in [-0.4, -0.2) is 45.9 Å². The van der Waals surface area contributed by atoms with E-state index in [4.69, 9.17) is 0 Å². The van der Waals surface area contributed by atoms with Crippen LogP contribution in [0.3, 0.4) is 0 Å². The Kier molecular flexibility index (Phi) is 5.66.